The Hall–Kier alpha value is -2.12. The fourth-order valence-corrected chi connectivity index (χ4v) is 1.78. The molecule has 1 fully saturated rings. The van der Waals surface area contributed by atoms with Gasteiger partial charge in [-0.2, -0.15) is 0 Å². The summed E-state index contributed by atoms with van der Waals surface area (Å²) in [5.41, 5.74) is 0. The van der Waals surface area contributed by atoms with Gasteiger partial charge >= 0.3 is 12.0 Å². The second kappa shape index (κ2) is 5.68. The van der Waals surface area contributed by atoms with Crippen molar-refractivity contribution in [2.75, 3.05) is 6.54 Å². The van der Waals surface area contributed by atoms with Crippen molar-refractivity contribution in [3.8, 4) is 0 Å². The van der Waals surface area contributed by atoms with Crippen molar-refractivity contribution in [1.82, 2.24) is 25.0 Å². The first-order chi connectivity index (χ1) is 9.08. The summed E-state index contributed by atoms with van der Waals surface area (Å²) in [7, 11) is 1.80. The number of carbonyl (C=O) groups excluding carboxylic acids is 1. The second-order valence-electron chi connectivity index (χ2n) is 4.59. The van der Waals surface area contributed by atoms with Gasteiger partial charge in [-0.05, 0) is 12.8 Å². The highest BCUT2D eigenvalue weighted by molar-refractivity contribution is 5.75. The van der Waals surface area contributed by atoms with Crippen LogP contribution in [0.5, 0.6) is 0 Å². The van der Waals surface area contributed by atoms with Gasteiger partial charge in [0.15, 0.2) is 5.82 Å². The molecule has 0 aromatic carbocycles. The highest BCUT2D eigenvalue weighted by atomic mass is 16.4. The number of amides is 2. The molecule has 1 aromatic rings. The summed E-state index contributed by atoms with van der Waals surface area (Å²) in [6.07, 6.45) is 3.41. The molecule has 2 amide bonds. The summed E-state index contributed by atoms with van der Waals surface area (Å²) in [5.74, 6) is -0.242. The SMILES string of the molecule is Cn1cnnc1CNC(=O)N(CCC(=O)O)C1CC1. The Balaban J connectivity index is 1.85. The third-order valence-electron chi connectivity index (χ3n) is 3.02. The van der Waals surface area contributed by atoms with E-state index in [-0.39, 0.29) is 31.6 Å². The number of urea groups is 1. The van der Waals surface area contributed by atoms with Crippen molar-refractivity contribution < 1.29 is 14.7 Å². The number of rotatable bonds is 6. The summed E-state index contributed by atoms with van der Waals surface area (Å²) >= 11 is 0. The Morgan fingerprint density at radius 3 is 2.84 bits per heavy atom. The van der Waals surface area contributed by atoms with Gasteiger partial charge in [-0.3, -0.25) is 4.79 Å². The molecule has 0 bridgehead atoms. The Labute approximate surface area is 110 Å². The molecule has 1 saturated carbocycles. The lowest BCUT2D eigenvalue weighted by molar-refractivity contribution is -0.137. The zero-order valence-corrected chi connectivity index (χ0v) is 10.7. The van der Waals surface area contributed by atoms with Crippen LogP contribution in [0.15, 0.2) is 6.33 Å². The van der Waals surface area contributed by atoms with Gasteiger partial charge in [-0.15, -0.1) is 10.2 Å². The minimum Gasteiger partial charge on any atom is -0.481 e. The third kappa shape index (κ3) is 3.67. The van der Waals surface area contributed by atoms with E-state index in [0.717, 1.165) is 12.8 Å². The largest absolute Gasteiger partial charge is 0.481 e. The molecule has 104 valence electrons. The predicted octanol–water partition coefficient (Wildman–Crippen LogP) is -0.0362. The number of aromatic nitrogens is 3. The zero-order valence-electron chi connectivity index (χ0n) is 10.7. The van der Waals surface area contributed by atoms with Crippen LogP contribution in [0.4, 0.5) is 4.79 Å². The number of hydrogen-bond acceptors (Lipinski definition) is 4. The molecule has 8 heteroatoms. The molecule has 0 unspecified atom stereocenters. The van der Waals surface area contributed by atoms with Gasteiger partial charge in [0.2, 0.25) is 0 Å². The van der Waals surface area contributed by atoms with E-state index in [4.69, 9.17) is 5.11 Å². The molecule has 0 radical (unpaired) electrons. The fourth-order valence-electron chi connectivity index (χ4n) is 1.78. The maximum Gasteiger partial charge on any atom is 0.318 e. The topological polar surface area (TPSA) is 100 Å². The molecule has 19 heavy (non-hydrogen) atoms. The van der Waals surface area contributed by atoms with Crippen LogP contribution >= 0.6 is 0 Å². The average molecular weight is 267 g/mol. The lowest BCUT2D eigenvalue weighted by Crippen LogP contribution is -2.42. The third-order valence-corrected chi connectivity index (χ3v) is 3.02. The van der Waals surface area contributed by atoms with E-state index < -0.39 is 5.97 Å². The van der Waals surface area contributed by atoms with Gasteiger partial charge in [-0.25, -0.2) is 4.79 Å². The summed E-state index contributed by atoms with van der Waals surface area (Å²) in [6, 6.07) is -0.0643. The van der Waals surface area contributed by atoms with Gasteiger partial charge < -0.3 is 19.9 Å². The molecule has 2 rings (SSSR count). The van der Waals surface area contributed by atoms with E-state index in [2.05, 4.69) is 15.5 Å². The molecule has 8 nitrogen and oxygen atoms in total. The van der Waals surface area contributed by atoms with Gasteiger partial charge in [0.1, 0.15) is 6.33 Å². The van der Waals surface area contributed by atoms with E-state index in [9.17, 15) is 9.59 Å². The lowest BCUT2D eigenvalue weighted by Gasteiger charge is -2.21. The first-order valence-corrected chi connectivity index (χ1v) is 6.17. The number of hydrogen-bond donors (Lipinski definition) is 2. The van der Waals surface area contributed by atoms with E-state index in [1.807, 2.05) is 0 Å². The van der Waals surface area contributed by atoms with Crippen molar-refractivity contribution in [2.24, 2.45) is 7.05 Å². The Morgan fingerprint density at radius 2 is 2.32 bits per heavy atom. The van der Waals surface area contributed by atoms with Crippen LogP contribution in [0.2, 0.25) is 0 Å². The van der Waals surface area contributed by atoms with Crippen molar-refractivity contribution in [2.45, 2.75) is 31.8 Å². The first-order valence-electron chi connectivity index (χ1n) is 6.17. The smallest absolute Gasteiger partial charge is 0.318 e. The van der Waals surface area contributed by atoms with E-state index in [0.29, 0.717) is 5.82 Å². The normalized spacial score (nSPS) is 14.2. The Bertz CT molecular complexity index is 469. The monoisotopic (exact) mass is 267 g/mol. The van der Waals surface area contributed by atoms with E-state index in [1.54, 1.807) is 22.8 Å². The maximum atomic E-state index is 12.0. The zero-order chi connectivity index (χ0) is 13.8. The molecule has 1 heterocycles. The summed E-state index contributed by atoms with van der Waals surface area (Å²) < 4.78 is 1.72. The summed E-state index contributed by atoms with van der Waals surface area (Å²) in [5, 5.41) is 19.0. The highest BCUT2D eigenvalue weighted by Gasteiger charge is 2.32. The number of carboxylic acid groups (broad SMARTS) is 1. The molecule has 1 aliphatic rings. The molecule has 1 aromatic heterocycles. The fraction of sp³-hybridized carbons (Fsp3) is 0.636. The number of aryl methyl sites for hydroxylation is 1. The van der Waals surface area contributed by atoms with Gasteiger partial charge in [-0.1, -0.05) is 0 Å². The molecular formula is C11H17N5O3. The predicted molar refractivity (Wildman–Crippen MR) is 65.2 cm³/mol. The summed E-state index contributed by atoms with van der Waals surface area (Å²) in [6.45, 7) is 0.524. The van der Waals surface area contributed by atoms with Crippen molar-refractivity contribution >= 4 is 12.0 Å². The Kier molecular flexibility index (Phi) is 3.98. The average Bonchev–Trinajstić information content (AvgIpc) is 3.10. The van der Waals surface area contributed by atoms with E-state index in [1.165, 1.54) is 0 Å². The summed E-state index contributed by atoms with van der Waals surface area (Å²) in [4.78, 5) is 24.2. The van der Waals surface area contributed by atoms with Crippen LogP contribution in [0.1, 0.15) is 25.1 Å². The van der Waals surface area contributed by atoms with Crippen molar-refractivity contribution in [3.63, 3.8) is 0 Å². The molecule has 0 atom stereocenters. The van der Waals surface area contributed by atoms with Crippen molar-refractivity contribution in [1.29, 1.82) is 0 Å². The minimum atomic E-state index is -0.897. The highest BCUT2D eigenvalue weighted by Crippen LogP contribution is 2.26. The molecule has 2 N–H and O–H groups in total. The number of carboxylic acids is 1. The molecule has 0 saturated heterocycles. The quantitative estimate of drug-likeness (QED) is 0.753. The number of nitrogens with one attached hydrogen (secondary N) is 1. The van der Waals surface area contributed by atoms with Crippen LogP contribution in [0.3, 0.4) is 0 Å². The number of carbonyl (C=O) groups is 2. The first kappa shape index (κ1) is 13.3. The molecule has 0 spiro atoms. The molecule has 0 aliphatic heterocycles. The second-order valence-corrected chi connectivity index (χ2v) is 4.59. The van der Waals surface area contributed by atoms with Crippen LogP contribution in [-0.2, 0) is 18.4 Å². The minimum absolute atomic E-state index is 0.0338. The Morgan fingerprint density at radius 1 is 1.58 bits per heavy atom. The molecular weight excluding hydrogens is 250 g/mol. The van der Waals surface area contributed by atoms with E-state index >= 15 is 0 Å². The standard InChI is InChI=1S/C11H17N5O3/c1-15-7-13-14-9(15)6-12-11(19)16(8-2-3-8)5-4-10(17)18/h7-8H,2-6H2,1H3,(H,12,19)(H,17,18). The van der Waals surface area contributed by atoms with Crippen LogP contribution in [0, 0.1) is 0 Å². The van der Waals surface area contributed by atoms with Gasteiger partial charge in [0, 0.05) is 19.6 Å². The lowest BCUT2D eigenvalue weighted by atomic mass is 10.4. The van der Waals surface area contributed by atoms with Crippen LogP contribution in [0.25, 0.3) is 0 Å². The molecule has 1 aliphatic carbocycles. The van der Waals surface area contributed by atoms with Gasteiger partial charge in [0.25, 0.3) is 0 Å². The van der Waals surface area contributed by atoms with Gasteiger partial charge in [0.05, 0.1) is 13.0 Å². The van der Waals surface area contributed by atoms with Crippen LogP contribution in [-0.4, -0.2) is 49.4 Å². The maximum absolute atomic E-state index is 12.0. The van der Waals surface area contributed by atoms with Crippen molar-refractivity contribution in [3.05, 3.63) is 12.2 Å². The number of nitrogens with zero attached hydrogens (tertiary/aromatic N) is 4. The number of aliphatic carboxylic acids is 1. The van der Waals surface area contributed by atoms with Crippen LogP contribution < -0.4 is 5.32 Å².